The predicted molar refractivity (Wildman–Crippen MR) is 87.5 cm³/mol. The van der Waals surface area contributed by atoms with Gasteiger partial charge in [0.25, 0.3) is 0 Å². The van der Waals surface area contributed by atoms with Gasteiger partial charge in [-0.05, 0) is 43.2 Å². The minimum absolute atomic E-state index is 0.0555. The number of carbonyl (C=O) groups is 2. The molecule has 0 saturated heterocycles. The lowest BCUT2D eigenvalue weighted by atomic mass is 9.70. The van der Waals surface area contributed by atoms with Crippen molar-refractivity contribution < 1.29 is 9.59 Å². The number of hydrogen-bond donors (Lipinski definition) is 1. The maximum atomic E-state index is 12.7. The van der Waals surface area contributed by atoms with E-state index in [4.69, 9.17) is 0 Å². The van der Waals surface area contributed by atoms with Crippen LogP contribution in [-0.2, 0) is 9.59 Å². The van der Waals surface area contributed by atoms with E-state index in [2.05, 4.69) is 19.2 Å². The second-order valence-corrected chi connectivity index (χ2v) is 7.43. The molecule has 1 aromatic carbocycles. The minimum Gasteiger partial charge on any atom is -0.323 e. The van der Waals surface area contributed by atoms with Gasteiger partial charge < -0.3 is 5.32 Å². The van der Waals surface area contributed by atoms with Crippen molar-refractivity contribution in [2.75, 3.05) is 5.32 Å². The molecule has 2 bridgehead atoms. The van der Waals surface area contributed by atoms with Gasteiger partial charge in [0.15, 0.2) is 5.78 Å². The molecule has 0 aliphatic heterocycles. The number of aryl methyl sites for hydroxylation is 1. The van der Waals surface area contributed by atoms with Crippen LogP contribution in [0, 0.1) is 23.7 Å². The Balaban J connectivity index is 1.82. The van der Waals surface area contributed by atoms with Crippen molar-refractivity contribution in [3.8, 4) is 0 Å². The number of carbonyl (C=O) groups excluding carboxylic acids is 2. The maximum absolute atomic E-state index is 12.7. The molecule has 0 unspecified atom stereocenters. The molecule has 0 radical (unpaired) electrons. The molecular weight excluding hydrogens is 274 g/mol. The minimum atomic E-state index is -0.312. The summed E-state index contributed by atoms with van der Waals surface area (Å²) in [6, 6.07) is 7.66. The van der Waals surface area contributed by atoms with Gasteiger partial charge in [0.1, 0.15) is 0 Å². The second kappa shape index (κ2) is 4.80. The number of Topliss-reactive ketones (excluding diaryl/α,β-unsaturated/α-hetero) is 1. The second-order valence-electron chi connectivity index (χ2n) is 7.43. The van der Waals surface area contributed by atoms with Gasteiger partial charge in [0.2, 0.25) is 5.91 Å². The quantitative estimate of drug-likeness (QED) is 0.842. The maximum Gasteiger partial charge on any atom is 0.248 e. The normalized spacial score (nSPS) is 30.8. The van der Waals surface area contributed by atoms with Crippen LogP contribution in [0.5, 0.6) is 0 Å². The first kappa shape index (κ1) is 15.0. The molecule has 2 saturated carbocycles. The van der Waals surface area contributed by atoms with Crippen molar-refractivity contribution in [1.29, 1.82) is 0 Å². The summed E-state index contributed by atoms with van der Waals surface area (Å²) in [4.78, 5) is 24.9. The van der Waals surface area contributed by atoms with Crippen molar-refractivity contribution in [2.24, 2.45) is 16.7 Å². The van der Waals surface area contributed by atoms with E-state index in [-0.39, 0.29) is 28.4 Å². The molecule has 1 N–H and O–H groups in total. The number of amides is 1. The highest BCUT2D eigenvalue weighted by Crippen LogP contribution is 2.65. The van der Waals surface area contributed by atoms with Crippen molar-refractivity contribution in [3.05, 3.63) is 41.5 Å². The molecule has 0 spiro atoms. The van der Waals surface area contributed by atoms with Gasteiger partial charge in [-0.3, -0.25) is 9.59 Å². The smallest absolute Gasteiger partial charge is 0.248 e. The van der Waals surface area contributed by atoms with Crippen molar-refractivity contribution >= 4 is 17.4 Å². The number of ketones is 1. The first-order valence-electron chi connectivity index (χ1n) is 7.90. The summed E-state index contributed by atoms with van der Waals surface area (Å²) in [5.74, 6) is 0.153. The molecule has 1 amide bonds. The average Bonchev–Trinajstić information content (AvgIpc) is 2.76. The van der Waals surface area contributed by atoms with E-state index < -0.39 is 0 Å². The summed E-state index contributed by atoms with van der Waals surface area (Å²) in [6.07, 6.45) is 3.46. The summed E-state index contributed by atoms with van der Waals surface area (Å²) in [5, 5.41) is 2.85. The zero-order valence-corrected chi connectivity index (χ0v) is 13.7. The first-order valence-corrected chi connectivity index (χ1v) is 7.90. The summed E-state index contributed by atoms with van der Waals surface area (Å²) in [5.41, 5.74) is 2.25. The predicted octanol–water partition coefficient (Wildman–Crippen LogP) is 3.89. The van der Waals surface area contributed by atoms with E-state index in [1.165, 1.54) is 6.08 Å². The number of allylic oxidation sites excluding steroid dienone is 1. The molecule has 22 heavy (non-hydrogen) atoms. The largest absolute Gasteiger partial charge is 0.323 e. The SMILES string of the molecule is Cc1ccc(NC(=O)/C=C2\C(=O)[C@@]3(C)CC[C@@H]2C3(C)C)cc1. The van der Waals surface area contributed by atoms with Gasteiger partial charge >= 0.3 is 0 Å². The molecule has 1 aromatic rings. The zero-order chi connectivity index (χ0) is 16.1. The van der Waals surface area contributed by atoms with Crippen LogP contribution in [0.2, 0.25) is 0 Å². The van der Waals surface area contributed by atoms with Gasteiger partial charge in [0, 0.05) is 22.8 Å². The number of rotatable bonds is 2. The molecule has 2 aliphatic carbocycles. The standard InChI is InChI=1S/C19H23NO2/c1-12-5-7-13(8-6-12)20-16(21)11-14-15-9-10-19(4,17(14)22)18(15,2)3/h5-8,11,15H,9-10H2,1-4H3,(H,20,21)/b14-11-/t15-,19+/m0/s1. The Kier molecular flexibility index (Phi) is 3.28. The van der Waals surface area contributed by atoms with Crippen LogP contribution in [0.4, 0.5) is 5.69 Å². The summed E-state index contributed by atoms with van der Waals surface area (Å²) < 4.78 is 0. The molecule has 2 fully saturated rings. The highest BCUT2D eigenvalue weighted by atomic mass is 16.2. The Hall–Kier alpha value is -1.90. The monoisotopic (exact) mass is 297 g/mol. The topological polar surface area (TPSA) is 46.2 Å². The van der Waals surface area contributed by atoms with Crippen LogP contribution in [0.25, 0.3) is 0 Å². The van der Waals surface area contributed by atoms with Crippen LogP contribution < -0.4 is 5.32 Å². The third-order valence-electron chi connectivity index (χ3n) is 5.97. The van der Waals surface area contributed by atoms with Crippen molar-refractivity contribution in [2.45, 2.75) is 40.5 Å². The Bertz CT molecular complexity index is 669. The van der Waals surface area contributed by atoms with Gasteiger partial charge in [-0.25, -0.2) is 0 Å². The Morgan fingerprint density at radius 2 is 1.86 bits per heavy atom. The molecule has 3 nitrogen and oxygen atoms in total. The van der Waals surface area contributed by atoms with Crippen LogP contribution in [-0.4, -0.2) is 11.7 Å². The lowest BCUT2D eigenvalue weighted by Gasteiger charge is -2.31. The highest BCUT2D eigenvalue weighted by molar-refractivity contribution is 6.11. The fourth-order valence-corrected chi connectivity index (χ4v) is 4.05. The summed E-state index contributed by atoms with van der Waals surface area (Å²) in [7, 11) is 0. The molecule has 2 aliphatic rings. The van der Waals surface area contributed by atoms with Crippen LogP contribution >= 0.6 is 0 Å². The van der Waals surface area contributed by atoms with Crippen LogP contribution in [0.3, 0.4) is 0 Å². The molecule has 2 atom stereocenters. The molecular formula is C19H23NO2. The van der Waals surface area contributed by atoms with Crippen molar-refractivity contribution in [3.63, 3.8) is 0 Å². The van der Waals surface area contributed by atoms with E-state index in [0.717, 1.165) is 24.1 Å². The fourth-order valence-electron chi connectivity index (χ4n) is 4.05. The Morgan fingerprint density at radius 1 is 1.23 bits per heavy atom. The molecule has 3 heteroatoms. The number of hydrogen-bond acceptors (Lipinski definition) is 2. The number of nitrogens with one attached hydrogen (secondary N) is 1. The van der Waals surface area contributed by atoms with E-state index in [0.29, 0.717) is 5.57 Å². The number of benzene rings is 1. The van der Waals surface area contributed by atoms with Crippen molar-refractivity contribution in [1.82, 2.24) is 0 Å². The van der Waals surface area contributed by atoms with E-state index >= 15 is 0 Å². The van der Waals surface area contributed by atoms with E-state index in [1.54, 1.807) is 0 Å². The molecule has 116 valence electrons. The summed E-state index contributed by atoms with van der Waals surface area (Å²) >= 11 is 0. The average molecular weight is 297 g/mol. The Morgan fingerprint density at radius 3 is 2.41 bits per heavy atom. The number of anilines is 1. The van der Waals surface area contributed by atoms with Gasteiger partial charge in [-0.2, -0.15) is 0 Å². The third-order valence-corrected chi connectivity index (χ3v) is 5.97. The summed E-state index contributed by atoms with van der Waals surface area (Å²) in [6.45, 7) is 8.36. The van der Waals surface area contributed by atoms with Gasteiger partial charge in [-0.15, -0.1) is 0 Å². The molecule has 0 heterocycles. The lowest BCUT2D eigenvalue weighted by Crippen LogP contribution is -2.32. The van der Waals surface area contributed by atoms with Gasteiger partial charge in [0.05, 0.1) is 0 Å². The molecule has 0 aromatic heterocycles. The molecule has 3 rings (SSSR count). The lowest BCUT2D eigenvalue weighted by molar-refractivity contribution is -0.125. The van der Waals surface area contributed by atoms with Gasteiger partial charge in [-0.1, -0.05) is 38.5 Å². The van der Waals surface area contributed by atoms with Crippen LogP contribution in [0.1, 0.15) is 39.2 Å². The van der Waals surface area contributed by atoms with Crippen LogP contribution in [0.15, 0.2) is 35.9 Å². The number of fused-ring (bicyclic) bond motifs is 2. The fraction of sp³-hybridized carbons (Fsp3) is 0.474. The first-order chi connectivity index (χ1) is 10.3. The third kappa shape index (κ3) is 2.03. The zero-order valence-electron chi connectivity index (χ0n) is 13.7. The highest BCUT2D eigenvalue weighted by Gasteiger charge is 2.63. The van der Waals surface area contributed by atoms with E-state index in [1.807, 2.05) is 38.1 Å². The Labute approximate surface area is 131 Å². The van der Waals surface area contributed by atoms with E-state index in [9.17, 15) is 9.59 Å².